The molecule has 0 unspecified atom stereocenters. The number of amides is 1. The molecule has 1 aliphatic rings. The van der Waals surface area contributed by atoms with Crippen molar-refractivity contribution in [2.45, 2.75) is 13.5 Å². The summed E-state index contributed by atoms with van der Waals surface area (Å²) in [5.41, 5.74) is 1.21. The van der Waals surface area contributed by atoms with Gasteiger partial charge < -0.3 is 0 Å². The van der Waals surface area contributed by atoms with Gasteiger partial charge in [-0.3, -0.25) is 0 Å². The van der Waals surface area contributed by atoms with E-state index in [9.17, 15) is 4.79 Å². The molecule has 0 aliphatic carbocycles. The smallest absolute Gasteiger partial charge is 0.247 e. The second-order valence-corrected chi connectivity index (χ2v) is 5.12. The van der Waals surface area contributed by atoms with Gasteiger partial charge in [-0.1, -0.05) is 30.3 Å². The van der Waals surface area contributed by atoms with Crippen LogP contribution in [0.25, 0.3) is 10.4 Å². The van der Waals surface area contributed by atoms with Crippen LogP contribution in [0.2, 0.25) is 0 Å². The molecule has 0 radical (unpaired) electrons. The third-order valence-electron chi connectivity index (χ3n) is 2.95. The van der Waals surface area contributed by atoms with Crippen LogP contribution < -0.4 is 9.47 Å². The average Bonchev–Trinajstić information content (AvgIpc) is 2.88. The fourth-order valence-electron chi connectivity index (χ4n) is 2.08. The van der Waals surface area contributed by atoms with Gasteiger partial charge in [0.15, 0.2) is 0 Å². The van der Waals surface area contributed by atoms with Crippen molar-refractivity contribution < 1.29 is 9.36 Å². The summed E-state index contributed by atoms with van der Waals surface area (Å²) < 4.78 is 2.16. The Balaban J connectivity index is 0.00000120. The molecule has 5 heteroatoms. The summed E-state index contributed by atoms with van der Waals surface area (Å²) in [4.78, 5) is 14.5. The number of nitrogens with zero attached hydrogens (tertiary/aromatic N) is 2. The highest BCUT2D eigenvalue weighted by molar-refractivity contribution is 8.93. The number of carbonyl (C=O) groups is 1. The summed E-state index contributed by atoms with van der Waals surface area (Å²) in [7, 11) is 0. The van der Waals surface area contributed by atoms with Crippen molar-refractivity contribution in [3.8, 4) is 10.4 Å². The number of hydrogen-bond acceptors (Lipinski definition) is 2. The van der Waals surface area contributed by atoms with E-state index < -0.39 is 0 Å². The second kappa shape index (κ2) is 5.20. The molecule has 0 atom stereocenters. The summed E-state index contributed by atoms with van der Waals surface area (Å²) in [6.45, 7) is 3.33. The number of fused-ring (bicyclic) bond motifs is 1. The van der Waals surface area contributed by atoms with Crippen LogP contribution in [0.3, 0.4) is 0 Å². The van der Waals surface area contributed by atoms with E-state index in [0.717, 1.165) is 18.2 Å². The molecule has 2 aromatic rings. The predicted octanol–water partition coefficient (Wildman–Crippen LogP) is 2.65. The van der Waals surface area contributed by atoms with Gasteiger partial charge in [-0.25, -0.2) is 9.36 Å². The van der Waals surface area contributed by atoms with Crippen molar-refractivity contribution in [2.75, 3.05) is 11.4 Å². The SMILES string of the molecule is Br.CC(=O)N1CC[n+]2cc(-c3ccccc3)sc21. The van der Waals surface area contributed by atoms with Crippen LogP contribution >= 0.6 is 28.3 Å². The minimum Gasteiger partial charge on any atom is -0.247 e. The lowest BCUT2D eigenvalue weighted by molar-refractivity contribution is -0.666. The van der Waals surface area contributed by atoms with Crippen molar-refractivity contribution >= 4 is 39.4 Å². The molecular formula is C13H14BrN2OS+. The summed E-state index contributed by atoms with van der Waals surface area (Å²) in [6, 6.07) is 10.3. The Labute approximate surface area is 120 Å². The molecule has 0 saturated heterocycles. The molecule has 1 amide bonds. The number of carbonyl (C=O) groups excluding carboxylic acids is 1. The Hall–Kier alpha value is -1.20. The van der Waals surface area contributed by atoms with Gasteiger partial charge in [0.25, 0.3) is 0 Å². The number of anilines is 1. The molecule has 3 nitrogen and oxygen atoms in total. The lowest BCUT2D eigenvalue weighted by atomic mass is 10.2. The van der Waals surface area contributed by atoms with Crippen molar-refractivity contribution in [3.63, 3.8) is 0 Å². The summed E-state index contributed by atoms with van der Waals surface area (Å²) in [5, 5.41) is 1.05. The predicted molar refractivity (Wildman–Crippen MR) is 78.3 cm³/mol. The molecule has 1 aromatic heterocycles. The number of thiazole rings is 1. The third kappa shape index (κ3) is 2.20. The van der Waals surface area contributed by atoms with Gasteiger partial charge in [0.1, 0.15) is 19.3 Å². The first-order chi connectivity index (χ1) is 8.25. The van der Waals surface area contributed by atoms with Crippen LogP contribution in [0.4, 0.5) is 5.13 Å². The van der Waals surface area contributed by atoms with Gasteiger partial charge >= 0.3 is 11.0 Å². The van der Waals surface area contributed by atoms with Crippen LogP contribution in [0, 0.1) is 0 Å². The molecule has 2 heterocycles. The minimum atomic E-state index is 0. The minimum absolute atomic E-state index is 0. The summed E-state index contributed by atoms with van der Waals surface area (Å²) >= 11 is 1.68. The zero-order valence-electron chi connectivity index (χ0n) is 10.00. The quantitative estimate of drug-likeness (QED) is 0.739. The average molecular weight is 326 g/mol. The zero-order valence-corrected chi connectivity index (χ0v) is 12.5. The molecular weight excluding hydrogens is 312 g/mol. The van der Waals surface area contributed by atoms with Crippen molar-refractivity contribution in [1.29, 1.82) is 0 Å². The van der Waals surface area contributed by atoms with Gasteiger partial charge in [-0.2, -0.15) is 4.90 Å². The Morgan fingerprint density at radius 1 is 1.33 bits per heavy atom. The highest BCUT2D eigenvalue weighted by Gasteiger charge is 2.33. The normalized spacial score (nSPS) is 13.1. The molecule has 0 N–H and O–H groups in total. The van der Waals surface area contributed by atoms with Crippen LogP contribution in [-0.4, -0.2) is 12.5 Å². The van der Waals surface area contributed by atoms with E-state index in [2.05, 4.69) is 22.9 Å². The maximum atomic E-state index is 11.5. The van der Waals surface area contributed by atoms with Gasteiger partial charge in [-0.05, 0) is 16.9 Å². The standard InChI is InChI=1S/C13H13N2OS.BrH/c1-10(16)15-8-7-14-9-12(17-13(14)15)11-5-3-2-4-6-11;/h2-6,9H,7-8H2,1H3;1H/q+1;. The molecule has 18 heavy (non-hydrogen) atoms. The van der Waals surface area contributed by atoms with E-state index in [1.807, 2.05) is 23.1 Å². The second-order valence-electron chi connectivity index (χ2n) is 4.11. The number of aromatic nitrogens is 1. The Kier molecular flexibility index (Phi) is 3.82. The van der Waals surface area contributed by atoms with Gasteiger partial charge in [0, 0.05) is 6.92 Å². The zero-order chi connectivity index (χ0) is 11.8. The maximum absolute atomic E-state index is 11.5. The highest BCUT2D eigenvalue weighted by Crippen LogP contribution is 2.31. The first-order valence-electron chi connectivity index (χ1n) is 5.62. The number of benzene rings is 1. The van der Waals surface area contributed by atoms with E-state index in [1.54, 1.807) is 18.3 Å². The first kappa shape index (κ1) is 13.2. The van der Waals surface area contributed by atoms with Crippen LogP contribution in [-0.2, 0) is 11.3 Å². The van der Waals surface area contributed by atoms with Gasteiger partial charge in [0.05, 0.1) is 4.88 Å². The summed E-state index contributed by atoms with van der Waals surface area (Å²) in [5.74, 6) is 0.123. The fraction of sp³-hybridized carbons (Fsp3) is 0.231. The van der Waals surface area contributed by atoms with Crippen molar-refractivity contribution in [2.24, 2.45) is 0 Å². The Morgan fingerprint density at radius 2 is 2.06 bits per heavy atom. The van der Waals surface area contributed by atoms with Crippen LogP contribution in [0.15, 0.2) is 36.5 Å². The first-order valence-corrected chi connectivity index (χ1v) is 6.44. The van der Waals surface area contributed by atoms with Crippen molar-refractivity contribution in [1.82, 2.24) is 0 Å². The molecule has 0 saturated carbocycles. The van der Waals surface area contributed by atoms with Gasteiger partial charge in [-0.15, -0.1) is 17.0 Å². The summed E-state index contributed by atoms with van der Waals surface area (Å²) in [6.07, 6.45) is 2.14. The molecule has 0 bridgehead atoms. The van der Waals surface area contributed by atoms with E-state index in [4.69, 9.17) is 0 Å². The largest absolute Gasteiger partial charge is 0.344 e. The topological polar surface area (TPSA) is 24.2 Å². The number of rotatable bonds is 1. The van der Waals surface area contributed by atoms with E-state index in [-0.39, 0.29) is 22.9 Å². The van der Waals surface area contributed by atoms with E-state index >= 15 is 0 Å². The Bertz CT molecular complexity index is 568. The maximum Gasteiger partial charge on any atom is 0.344 e. The van der Waals surface area contributed by atoms with Gasteiger partial charge in [0.2, 0.25) is 0 Å². The number of hydrogen-bond donors (Lipinski definition) is 0. The molecule has 3 rings (SSSR count). The van der Waals surface area contributed by atoms with Crippen LogP contribution in [0.1, 0.15) is 6.92 Å². The van der Waals surface area contributed by atoms with E-state index in [1.165, 1.54) is 10.4 Å². The highest BCUT2D eigenvalue weighted by atomic mass is 79.9. The number of halogens is 1. The monoisotopic (exact) mass is 325 g/mol. The molecule has 0 fully saturated rings. The fourth-order valence-corrected chi connectivity index (χ4v) is 3.30. The Morgan fingerprint density at radius 3 is 2.72 bits per heavy atom. The lowest BCUT2D eigenvalue weighted by Gasteiger charge is -2.00. The molecule has 0 spiro atoms. The van der Waals surface area contributed by atoms with E-state index in [0.29, 0.717) is 0 Å². The molecule has 1 aromatic carbocycles. The third-order valence-corrected chi connectivity index (χ3v) is 4.15. The molecule has 1 aliphatic heterocycles. The van der Waals surface area contributed by atoms with Crippen molar-refractivity contribution in [3.05, 3.63) is 36.5 Å². The molecule has 94 valence electrons. The lowest BCUT2D eigenvalue weighted by Crippen LogP contribution is -2.28. The van der Waals surface area contributed by atoms with Crippen LogP contribution in [0.5, 0.6) is 0 Å².